The van der Waals surface area contributed by atoms with Crippen LogP contribution in [0.15, 0.2) is 28.7 Å². The van der Waals surface area contributed by atoms with Gasteiger partial charge in [0.1, 0.15) is 23.4 Å². The number of carbonyl (C=O) groups is 1. The van der Waals surface area contributed by atoms with Gasteiger partial charge < -0.3 is 18.8 Å². The normalized spacial score (nSPS) is 18.0. The first-order chi connectivity index (χ1) is 11.1. The molecular formula is C17H20N2O4. The van der Waals surface area contributed by atoms with Gasteiger partial charge in [-0.05, 0) is 38.1 Å². The van der Waals surface area contributed by atoms with Crippen LogP contribution in [0.1, 0.15) is 33.7 Å². The van der Waals surface area contributed by atoms with E-state index >= 15 is 0 Å². The molecule has 0 N–H and O–H groups in total. The Balaban J connectivity index is 1.78. The Bertz CT molecular complexity index is 710. The summed E-state index contributed by atoms with van der Waals surface area (Å²) in [5.41, 5.74) is 1.15. The number of ether oxygens (including phenoxy) is 2. The minimum atomic E-state index is -0.368. The molecule has 1 atom stereocenters. The van der Waals surface area contributed by atoms with Crippen LogP contribution in [0.4, 0.5) is 5.82 Å². The Labute approximate surface area is 135 Å². The van der Waals surface area contributed by atoms with Crippen molar-refractivity contribution in [3.63, 3.8) is 0 Å². The van der Waals surface area contributed by atoms with Gasteiger partial charge >= 0.3 is 5.97 Å². The second kappa shape index (κ2) is 6.42. The van der Waals surface area contributed by atoms with E-state index in [-0.39, 0.29) is 12.1 Å². The molecule has 122 valence electrons. The molecule has 6 heteroatoms. The maximum atomic E-state index is 11.7. The van der Waals surface area contributed by atoms with Gasteiger partial charge in [0, 0.05) is 6.54 Å². The molecule has 3 rings (SSSR count). The van der Waals surface area contributed by atoms with Gasteiger partial charge in [-0.2, -0.15) is 0 Å². The summed E-state index contributed by atoms with van der Waals surface area (Å²) in [6, 6.07) is 7.48. The van der Waals surface area contributed by atoms with Gasteiger partial charge in [-0.3, -0.25) is 0 Å². The quantitative estimate of drug-likeness (QED) is 0.811. The lowest BCUT2D eigenvalue weighted by molar-refractivity contribution is 0.0250. The minimum Gasteiger partial charge on any atom is -0.465 e. The Morgan fingerprint density at radius 2 is 2.13 bits per heavy atom. The smallest absolute Gasteiger partial charge is 0.339 e. The highest BCUT2D eigenvalue weighted by atomic mass is 16.5. The molecule has 1 aliphatic rings. The van der Waals surface area contributed by atoms with Crippen molar-refractivity contribution in [3.8, 4) is 0 Å². The van der Waals surface area contributed by atoms with Crippen LogP contribution < -0.4 is 4.90 Å². The van der Waals surface area contributed by atoms with Gasteiger partial charge in [0.05, 0.1) is 31.5 Å². The third-order valence-electron chi connectivity index (χ3n) is 3.95. The van der Waals surface area contributed by atoms with Gasteiger partial charge in [0.25, 0.3) is 0 Å². The van der Waals surface area contributed by atoms with Crippen molar-refractivity contribution in [2.45, 2.75) is 20.0 Å². The number of hydrogen-bond acceptors (Lipinski definition) is 6. The summed E-state index contributed by atoms with van der Waals surface area (Å²) in [5, 5.41) is 0. The highest BCUT2D eigenvalue weighted by Crippen LogP contribution is 2.27. The molecule has 1 saturated heterocycles. The summed E-state index contributed by atoms with van der Waals surface area (Å²) in [4.78, 5) is 18.3. The molecule has 6 nitrogen and oxygen atoms in total. The molecule has 1 unspecified atom stereocenters. The first-order valence-corrected chi connectivity index (χ1v) is 7.57. The van der Waals surface area contributed by atoms with Crippen LogP contribution in [-0.2, 0) is 9.47 Å². The summed E-state index contributed by atoms with van der Waals surface area (Å²) in [6.45, 7) is 5.74. The topological polar surface area (TPSA) is 64.8 Å². The second-order valence-corrected chi connectivity index (χ2v) is 5.55. The van der Waals surface area contributed by atoms with E-state index in [0.717, 1.165) is 23.9 Å². The van der Waals surface area contributed by atoms with E-state index in [9.17, 15) is 4.79 Å². The van der Waals surface area contributed by atoms with Crippen LogP contribution in [0.5, 0.6) is 0 Å². The lowest BCUT2D eigenvalue weighted by Gasteiger charge is -2.33. The summed E-state index contributed by atoms with van der Waals surface area (Å²) in [6.07, 6.45) is -0.111. The number of pyridine rings is 1. The molecule has 3 heterocycles. The van der Waals surface area contributed by atoms with Crippen molar-refractivity contribution < 1.29 is 18.7 Å². The van der Waals surface area contributed by atoms with Crippen molar-refractivity contribution in [2.75, 3.05) is 31.7 Å². The summed E-state index contributed by atoms with van der Waals surface area (Å²) in [7, 11) is 1.37. The summed E-state index contributed by atoms with van der Waals surface area (Å²) in [5.74, 6) is 2.16. The molecule has 0 aromatic carbocycles. The van der Waals surface area contributed by atoms with Crippen LogP contribution >= 0.6 is 0 Å². The summed E-state index contributed by atoms with van der Waals surface area (Å²) >= 11 is 0. The number of aryl methyl sites for hydroxylation is 2. The number of rotatable bonds is 3. The molecule has 2 aromatic rings. The zero-order valence-corrected chi connectivity index (χ0v) is 13.5. The Morgan fingerprint density at radius 1 is 1.30 bits per heavy atom. The lowest BCUT2D eigenvalue weighted by atomic mass is 10.2. The van der Waals surface area contributed by atoms with Crippen molar-refractivity contribution in [1.29, 1.82) is 0 Å². The largest absolute Gasteiger partial charge is 0.465 e. The fraction of sp³-hybridized carbons (Fsp3) is 0.412. The molecule has 0 radical (unpaired) electrons. The number of methoxy groups -OCH3 is 1. The first-order valence-electron chi connectivity index (χ1n) is 7.57. The van der Waals surface area contributed by atoms with E-state index in [4.69, 9.17) is 13.9 Å². The van der Waals surface area contributed by atoms with Crippen molar-refractivity contribution in [3.05, 3.63) is 47.0 Å². The minimum absolute atomic E-state index is 0.111. The number of nitrogens with zero attached hydrogens (tertiary/aromatic N) is 2. The van der Waals surface area contributed by atoms with Crippen LogP contribution in [0.3, 0.4) is 0 Å². The molecule has 2 aromatic heterocycles. The number of furan rings is 1. The maximum Gasteiger partial charge on any atom is 0.339 e. The van der Waals surface area contributed by atoms with E-state index < -0.39 is 0 Å². The van der Waals surface area contributed by atoms with Gasteiger partial charge in [0.15, 0.2) is 0 Å². The number of aromatic nitrogens is 1. The SMILES string of the molecule is COC(=O)c1ccc(N2CCOC(c3ccc(C)o3)C2)nc1C. The number of hydrogen-bond donors (Lipinski definition) is 0. The van der Waals surface area contributed by atoms with Crippen LogP contribution in [-0.4, -0.2) is 37.8 Å². The molecular weight excluding hydrogens is 296 g/mol. The van der Waals surface area contributed by atoms with Crippen molar-refractivity contribution in [2.24, 2.45) is 0 Å². The number of esters is 1. The van der Waals surface area contributed by atoms with E-state index in [2.05, 4.69) is 9.88 Å². The van der Waals surface area contributed by atoms with Gasteiger partial charge in [-0.15, -0.1) is 0 Å². The van der Waals surface area contributed by atoms with Crippen LogP contribution in [0.2, 0.25) is 0 Å². The number of anilines is 1. The summed E-state index contributed by atoms with van der Waals surface area (Å²) < 4.78 is 16.2. The highest BCUT2D eigenvalue weighted by Gasteiger charge is 2.25. The fourth-order valence-electron chi connectivity index (χ4n) is 2.71. The van der Waals surface area contributed by atoms with E-state index in [1.54, 1.807) is 6.07 Å². The molecule has 0 amide bonds. The van der Waals surface area contributed by atoms with E-state index in [1.165, 1.54) is 7.11 Å². The molecule has 0 bridgehead atoms. The predicted molar refractivity (Wildman–Crippen MR) is 84.7 cm³/mol. The number of morpholine rings is 1. The fourth-order valence-corrected chi connectivity index (χ4v) is 2.71. The molecule has 0 spiro atoms. The first kappa shape index (κ1) is 15.6. The zero-order chi connectivity index (χ0) is 16.4. The molecule has 0 saturated carbocycles. The standard InChI is InChI=1S/C17H20N2O4/c1-11-4-6-14(23-11)15-10-19(8-9-22-15)16-7-5-13(12(2)18-16)17(20)21-3/h4-7,15H,8-10H2,1-3H3. The Kier molecular flexibility index (Phi) is 4.34. The molecule has 23 heavy (non-hydrogen) atoms. The zero-order valence-electron chi connectivity index (χ0n) is 13.5. The van der Waals surface area contributed by atoms with Gasteiger partial charge in [-0.1, -0.05) is 0 Å². The Morgan fingerprint density at radius 3 is 2.78 bits per heavy atom. The van der Waals surface area contributed by atoms with Crippen molar-refractivity contribution >= 4 is 11.8 Å². The van der Waals surface area contributed by atoms with Gasteiger partial charge in [-0.25, -0.2) is 9.78 Å². The Hall–Kier alpha value is -2.34. The molecule has 1 aliphatic heterocycles. The third-order valence-corrected chi connectivity index (χ3v) is 3.95. The van der Waals surface area contributed by atoms with E-state index in [0.29, 0.717) is 24.4 Å². The maximum absolute atomic E-state index is 11.7. The molecule has 1 fully saturated rings. The number of carbonyl (C=O) groups excluding carboxylic acids is 1. The highest BCUT2D eigenvalue weighted by molar-refractivity contribution is 5.90. The molecule has 0 aliphatic carbocycles. The predicted octanol–water partition coefficient (Wildman–Crippen LogP) is 2.66. The van der Waals surface area contributed by atoms with Crippen molar-refractivity contribution in [1.82, 2.24) is 4.98 Å². The van der Waals surface area contributed by atoms with Gasteiger partial charge in [0.2, 0.25) is 0 Å². The van der Waals surface area contributed by atoms with Crippen LogP contribution in [0, 0.1) is 13.8 Å². The third kappa shape index (κ3) is 3.22. The average molecular weight is 316 g/mol. The van der Waals surface area contributed by atoms with Crippen LogP contribution in [0.25, 0.3) is 0 Å². The second-order valence-electron chi connectivity index (χ2n) is 5.55. The average Bonchev–Trinajstić information content (AvgIpc) is 3.01. The van der Waals surface area contributed by atoms with E-state index in [1.807, 2.05) is 32.0 Å². The monoisotopic (exact) mass is 316 g/mol. The lowest BCUT2D eigenvalue weighted by Crippen LogP contribution is -2.38.